The molecular weight excluding hydrogens is 234 g/mol. The largest absolute Gasteiger partial charge is 0.752 e. The third kappa shape index (κ3) is 1.52. The van der Waals surface area contributed by atoms with E-state index in [9.17, 15) is 10.4 Å². The van der Waals surface area contributed by atoms with Crippen molar-refractivity contribution in [2.75, 3.05) is 16.8 Å². The van der Waals surface area contributed by atoms with Gasteiger partial charge in [-0.05, 0) is 29.8 Å². The van der Waals surface area contributed by atoms with Crippen LogP contribution in [0.1, 0.15) is 18.1 Å². The molecule has 0 amide bonds. The summed E-state index contributed by atoms with van der Waals surface area (Å²) in [6.07, 6.45) is 0. The van der Waals surface area contributed by atoms with Gasteiger partial charge in [0.05, 0.1) is 11.4 Å². The Labute approximate surface area is 104 Å². The molecular formula is C11H13N5O2-2. The van der Waals surface area contributed by atoms with Crippen LogP contribution in [0.5, 0.6) is 0 Å². The molecule has 7 heteroatoms. The Balaban J connectivity index is 2.06. The zero-order valence-electron chi connectivity index (χ0n) is 9.96. The maximum Gasteiger partial charge on any atom is 0.207 e. The molecule has 1 aromatic rings. The SMILES string of the molecule is CCN1Cc2cc3c(cc2C1)N([O-])C(N)=NN3[O-]. The predicted octanol–water partition coefficient (Wildman–Crippen LogP) is 0.874. The number of hydroxylamine groups is 1. The normalized spacial score (nSPS) is 18.7. The fourth-order valence-corrected chi connectivity index (χ4v) is 2.35. The second kappa shape index (κ2) is 3.84. The molecule has 2 N–H and O–H groups in total. The third-order valence-electron chi connectivity index (χ3n) is 3.36. The number of rotatable bonds is 1. The van der Waals surface area contributed by atoms with E-state index < -0.39 is 0 Å². The van der Waals surface area contributed by atoms with Gasteiger partial charge < -0.3 is 26.4 Å². The molecule has 2 aliphatic heterocycles. The van der Waals surface area contributed by atoms with Crippen LogP contribution in [0, 0.1) is 10.4 Å². The highest BCUT2D eigenvalue weighted by Gasteiger charge is 2.23. The number of hydrazone groups is 1. The number of nitrogens with two attached hydrogens (primary N) is 1. The van der Waals surface area contributed by atoms with E-state index in [1.165, 1.54) is 0 Å². The van der Waals surface area contributed by atoms with Crippen molar-refractivity contribution in [1.82, 2.24) is 4.90 Å². The molecule has 2 heterocycles. The maximum atomic E-state index is 11.8. The minimum absolute atomic E-state index is 0.260. The van der Waals surface area contributed by atoms with Crippen molar-refractivity contribution >= 4 is 17.3 Å². The standard InChI is InChI=1S/C11H13N5O2/c1-2-14-5-7-3-9-10(4-8(7)6-14)16(18)13-11(12)15(9)17/h3-4H,2,5-6H2,1H3,(H2,12,13)/q-2. The Hall–Kier alpha value is -1.83. The predicted molar refractivity (Wildman–Crippen MR) is 69.5 cm³/mol. The van der Waals surface area contributed by atoms with E-state index in [1.54, 1.807) is 12.1 Å². The Kier molecular flexibility index (Phi) is 2.40. The quantitative estimate of drug-likeness (QED) is 0.791. The van der Waals surface area contributed by atoms with Crippen LogP contribution in [0.2, 0.25) is 0 Å². The summed E-state index contributed by atoms with van der Waals surface area (Å²) in [5.41, 5.74) is 8.06. The van der Waals surface area contributed by atoms with Crippen LogP contribution in [-0.2, 0) is 13.1 Å². The number of guanidine groups is 1. The average molecular weight is 247 g/mol. The van der Waals surface area contributed by atoms with E-state index in [0.717, 1.165) is 30.8 Å². The van der Waals surface area contributed by atoms with E-state index in [-0.39, 0.29) is 17.3 Å². The molecule has 18 heavy (non-hydrogen) atoms. The van der Waals surface area contributed by atoms with Gasteiger partial charge in [0.25, 0.3) is 0 Å². The smallest absolute Gasteiger partial charge is 0.207 e. The summed E-state index contributed by atoms with van der Waals surface area (Å²) < 4.78 is 0. The van der Waals surface area contributed by atoms with Crippen LogP contribution in [0.3, 0.4) is 0 Å². The lowest BCUT2D eigenvalue weighted by atomic mass is 10.1. The summed E-state index contributed by atoms with van der Waals surface area (Å²) in [5, 5.41) is 27.8. The first kappa shape index (κ1) is 11.3. The van der Waals surface area contributed by atoms with Gasteiger partial charge in [-0.3, -0.25) is 4.90 Å². The second-order valence-corrected chi connectivity index (χ2v) is 4.44. The molecule has 0 bridgehead atoms. The summed E-state index contributed by atoms with van der Waals surface area (Å²) in [4.78, 5) is 2.23. The number of benzene rings is 1. The van der Waals surface area contributed by atoms with Gasteiger partial charge in [0.1, 0.15) is 0 Å². The highest BCUT2D eigenvalue weighted by atomic mass is 16.5. The van der Waals surface area contributed by atoms with Crippen molar-refractivity contribution < 1.29 is 0 Å². The Morgan fingerprint density at radius 3 is 2.44 bits per heavy atom. The minimum Gasteiger partial charge on any atom is -0.752 e. The highest BCUT2D eigenvalue weighted by molar-refractivity contribution is 6.02. The third-order valence-corrected chi connectivity index (χ3v) is 3.36. The van der Waals surface area contributed by atoms with E-state index in [2.05, 4.69) is 16.9 Å². The van der Waals surface area contributed by atoms with Crippen LogP contribution >= 0.6 is 0 Å². The molecule has 0 saturated heterocycles. The molecule has 0 aliphatic carbocycles. The molecule has 0 fully saturated rings. The molecule has 1 aromatic carbocycles. The molecule has 7 nitrogen and oxygen atoms in total. The first-order valence-corrected chi connectivity index (χ1v) is 5.77. The average Bonchev–Trinajstić information content (AvgIpc) is 2.76. The number of hydrogen-bond acceptors (Lipinski definition) is 7. The van der Waals surface area contributed by atoms with Crippen molar-refractivity contribution in [2.45, 2.75) is 20.0 Å². The minimum atomic E-state index is -0.331. The van der Waals surface area contributed by atoms with Gasteiger partial charge in [0.15, 0.2) is 0 Å². The first-order chi connectivity index (χ1) is 8.60. The summed E-state index contributed by atoms with van der Waals surface area (Å²) in [6.45, 7) is 4.60. The Morgan fingerprint density at radius 2 is 1.83 bits per heavy atom. The summed E-state index contributed by atoms with van der Waals surface area (Å²) in [5.74, 6) is -0.331. The Bertz CT molecular complexity index is 530. The molecule has 0 aromatic heterocycles. The molecule has 96 valence electrons. The van der Waals surface area contributed by atoms with Gasteiger partial charge in [-0.2, -0.15) is 0 Å². The lowest BCUT2D eigenvalue weighted by molar-refractivity contribution is 0.301. The van der Waals surface area contributed by atoms with Crippen LogP contribution in [-0.4, -0.2) is 17.4 Å². The van der Waals surface area contributed by atoms with Crippen LogP contribution in [0.4, 0.5) is 11.4 Å². The lowest BCUT2D eigenvalue weighted by Gasteiger charge is -2.41. The highest BCUT2D eigenvalue weighted by Crippen LogP contribution is 2.37. The van der Waals surface area contributed by atoms with Crippen molar-refractivity contribution in [2.24, 2.45) is 10.8 Å². The maximum absolute atomic E-state index is 11.8. The van der Waals surface area contributed by atoms with E-state index in [1.807, 2.05) is 0 Å². The molecule has 0 spiro atoms. The number of nitrogens with zero attached hydrogens (tertiary/aromatic N) is 4. The van der Waals surface area contributed by atoms with Gasteiger partial charge in [0, 0.05) is 13.1 Å². The van der Waals surface area contributed by atoms with Crippen LogP contribution in [0.25, 0.3) is 0 Å². The number of anilines is 2. The number of hydrogen-bond donors (Lipinski definition) is 1. The molecule has 0 atom stereocenters. The van der Waals surface area contributed by atoms with Gasteiger partial charge >= 0.3 is 0 Å². The summed E-state index contributed by atoms with van der Waals surface area (Å²) in [7, 11) is 0. The Morgan fingerprint density at radius 1 is 1.22 bits per heavy atom. The van der Waals surface area contributed by atoms with E-state index in [4.69, 9.17) is 5.73 Å². The summed E-state index contributed by atoms with van der Waals surface area (Å²) in [6, 6.07) is 3.47. The second-order valence-electron chi connectivity index (χ2n) is 4.44. The zero-order valence-corrected chi connectivity index (χ0v) is 9.96. The topological polar surface area (TPSA) is 94.2 Å². The van der Waals surface area contributed by atoms with Gasteiger partial charge in [-0.1, -0.05) is 6.92 Å². The van der Waals surface area contributed by atoms with Crippen molar-refractivity contribution in [3.63, 3.8) is 0 Å². The number of fused-ring (bicyclic) bond motifs is 2. The van der Waals surface area contributed by atoms with Gasteiger partial charge in [-0.15, -0.1) is 5.10 Å². The van der Waals surface area contributed by atoms with Crippen molar-refractivity contribution in [3.8, 4) is 0 Å². The fourth-order valence-electron chi connectivity index (χ4n) is 2.35. The first-order valence-electron chi connectivity index (χ1n) is 5.77. The monoisotopic (exact) mass is 247 g/mol. The van der Waals surface area contributed by atoms with E-state index in [0.29, 0.717) is 10.2 Å². The van der Waals surface area contributed by atoms with Gasteiger partial charge in [0.2, 0.25) is 5.96 Å². The lowest BCUT2D eigenvalue weighted by Crippen LogP contribution is -2.38. The fraction of sp³-hybridized carbons (Fsp3) is 0.364. The van der Waals surface area contributed by atoms with Crippen molar-refractivity contribution in [1.29, 1.82) is 0 Å². The summed E-state index contributed by atoms with van der Waals surface area (Å²) >= 11 is 0. The van der Waals surface area contributed by atoms with Crippen LogP contribution in [0.15, 0.2) is 17.2 Å². The van der Waals surface area contributed by atoms with Crippen LogP contribution < -0.4 is 16.0 Å². The molecule has 0 radical (unpaired) electrons. The molecule has 0 saturated carbocycles. The van der Waals surface area contributed by atoms with Gasteiger partial charge in [-0.25, -0.2) is 0 Å². The van der Waals surface area contributed by atoms with E-state index >= 15 is 0 Å². The molecule has 3 rings (SSSR count). The zero-order chi connectivity index (χ0) is 12.9. The molecule has 2 aliphatic rings. The van der Waals surface area contributed by atoms with Crippen molar-refractivity contribution in [3.05, 3.63) is 33.7 Å². The molecule has 0 unspecified atom stereocenters.